The number of benzene rings is 1. The molecule has 0 spiro atoms. The molecule has 1 aromatic heterocycles. The summed E-state index contributed by atoms with van der Waals surface area (Å²) in [7, 11) is 1.64. The number of aromatic nitrogens is 1. The minimum Gasteiger partial charge on any atom is -0.494 e. The number of rotatable bonds is 3. The normalized spacial score (nSPS) is 17.4. The van der Waals surface area contributed by atoms with Gasteiger partial charge in [0.05, 0.1) is 12.8 Å². The minimum atomic E-state index is -0.204. The van der Waals surface area contributed by atoms with Crippen LogP contribution in [0.25, 0.3) is 0 Å². The first-order valence-electron chi connectivity index (χ1n) is 7.32. The van der Waals surface area contributed by atoms with Crippen LogP contribution in [0.5, 0.6) is 5.75 Å². The lowest BCUT2D eigenvalue weighted by molar-refractivity contribution is 0.0930. The van der Waals surface area contributed by atoms with E-state index in [-0.39, 0.29) is 11.9 Å². The average Bonchev–Trinajstić information content (AvgIpc) is 2.97. The van der Waals surface area contributed by atoms with Crippen molar-refractivity contribution in [3.05, 3.63) is 41.6 Å². The monoisotopic (exact) mass is 301 g/mol. The van der Waals surface area contributed by atoms with Crippen molar-refractivity contribution < 1.29 is 13.9 Å². The van der Waals surface area contributed by atoms with Crippen molar-refractivity contribution in [1.82, 2.24) is 10.3 Å². The van der Waals surface area contributed by atoms with Gasteiger partial charge in [-0.25, -0.2) is 4.98 Å². The van der Waals surface area contributed by atoms with Gasteiger partial charge in [-0.2, -0.15) is 0 Å². The number of amides is 1. The maximum atomic E-state index is 12.1. The Morgan fingerprint density at radius 2 is 2.36 bits per heavy atom. The first-order valence-corrected chi connectivity index (χ1v) is 7.32. The number of anilines is 1. The molecule has 2 aromatic rings. The number of oxazole rings is 1. The molecule has 1 aliphatic rings. The maximum absolute atomic E-state index is 12.1. The largest absolute Gasteiger partial charge is 0.494 e. The fourth-order valence-corrected chi connectivity index (χ4v) is 2.99. The molecule has 1 aliphatic carbocycles. The van der Waals surface area contributed by atoms with E-state index >= 15 is 0 Å². The Balaban J connectivity index is 1.79. The molecule has 0 bridgehead atoms. The third kappa shape index (κ3) is 2.77. The lowest BCUT2D eigenvalue weighted by Crippen LogP contribution is -2.36. The fraction of sp³-hybridized carbons (Fsp3) is 0.375. The lowest BCUT2D eigenvalue weighted by atomic mass is 10.00. The highest BCUT2D eigenvalue weighted by atomic mass is 16.5. The van der Waals surface area contributed by atoms with Crippen molar-refractivity contribution in [2.24, 2.45) is 0 Å². The van der Waals surface area contributed by atoms with Crippen LogP contribution in [-0.2, 0) is 12.8 Å². The van der Waals surface area contributed by atoms with E-state index in [0.717, 1.165) is 37.0 Å². The van der Waals surface area contributed by atoms with Crippen LogP contribution in [-0.4, -0.2) is 24.0 Å². The second kappa shape index (κ2) is 6.09. The molecule has 1 aromatic carbocycles. The van der Waals surface area contributed by atoms with Crippen LogP contribution in [0.1, 0.15) is 34.5 Å². The van der Waals surface area contributed by atoms with Gasteiger partial charge in [-0.15, -0.1) is 0 Å². The third-order valence-electron chi connectivity index (χ3n) is 4.04. The van der Waals surface area contributed by atoms with Crippen molar-refractivity contribution in [3.63, 3.8) is 0 Å². The SMILES string of the molecule is COc1c(N)ccc2c1CCCC(NC(=O)c1cocn1)C2. The molecule has 0 saturated carbocycles. The van der Waals surface area contributed by atoms with Gasteiger partial charge in [0.15, 0.2) is 12.1 Å². The van der Waals surface area contributed by atoms with Crippen molar-refractivity contribution in [2.45, 2.75) is 31.7 Å². The molecular weight excluding hydrogens is 282 g/mol. The van der Waals surface area contributed by atoms with Crippen LogP contribution < -0.4 is 15.8 Å². The highest BCUT2D eigenvalue weighted by Crippen LogP contribution is 2.33. The number of fused-ring (bicyclic) bond motifs is 1. The molecule has 0 aliphatic heterocycles. The predicted molar refractivity (Wildman–Crippen MR) is 81.8 cm³/mol. The van der Waals surface area contributed by atoms with Crippen molar-refractivity contribution in [2.75, 3.05) is 12.8 Å². The van der Waals surface area contributed by atoms with Gasteiger partial charge in [-0.05, 0) is 42.9 Å². The topological polar surface area (TPSA) is 90.4 Å². The number of ether oxygens (including phenoxy) is 1. The molecular formula is C16H19N3O3. The molecule has 1 heterocycles. The second-order valence-electron chi connectivity index (χ2n) is 5.47. The average molecular weight is 301 g/mol. The Hall–Kier alpha value is -2.50. The summed E-state index contributed by atoms with van der Waals surface area (Å²) in [6.45, 7) is 0. The van der Waals surface area contributed by atoms with E-state index in [1.807, 2.05) is 12.1 Å². The van der Waals surface area contributed by atoms with E-state index in [9.17, 15) is 4.79 Å². The Kier molecular flexibility index (Phi) is 4.00. The first-order chi connectivity index (χ1) is 10.7. The molecule has 1 unspecified atom stereocenters. The number of hydrogen-bond donors (Lipinski definition) is 2. The number of carbonyl (C=O) groups is 1. The number of nitrogens with one attached hydrogen (secondary N) is 1. The van der Waals surface area contributed by atoms with Crippen molar-refractivity contribution >= 4 is 11.6 Å². The summed E-state index contributed by atoms with van der Waals surface area (Å²) in [5, 5.41) is 3.02. The molecule has 0 radical (unpaired) electrons. The predicted octanol–water partition coefficient (Wildman–Crippen LogP) is 1.94. The highest BCUT2D eigenvalue weighted by molar-refractivity contribution is 5.92. The molecule has 6 heteroatoms. The molecule has 1 amide bonds. The molecule has 1 atom stereocenters. The van der Waals surface area contributed by atoms with E-state index in [1.165, 1.54) is 18.2 Å². The summed E-state index contributed by atoms with van der Waals surface area (Å²) in [5.41, 5.74) is 9.26. The zero-order valence-corrected chi connectivity index (χ0v) is 12.5. The first kappa shape index (κ1) is 14.4. The van der Waals surface area contributed by atoms with Gasteiger partial charge in [0.25, 0.3) is 5.91 Å². The molecule has 116 valence electrons. The number of carbonyl (C=O) groups excluding carboxylic acids is 1. The van der Waals surface area contributed by atoms with E-state index < -0.39 is 0 Å². The minimum absolute atomic E-state index is 0.0683. The number of nitrogens with two attached hydrogens (primary N) is 1. The smallest absolute Gasteiger partial charge is 0.273 e. The summed E-state index contributed by atoms with van der Waals surface area (Å²) in [6, 6.07) is 3.95. The second-order valence-corrected chi connectivity index (χ2v) is 5.47. The number of nitrogen functional groups attached to an aromatic ring is 1. The van der Waals surface area contributed by atoms with E-state index in [2.05, 4.69) is 10.3 Å². The highest BCUT2D eigenvalue weighted by Gasteiger charge is 2.22. The number of hydrogen-bond acceptors (Lipinski definition) is 5. The molecule has 0 saturated heterocycles. The van der Waals surface area contributed by atoms with Gasteiger partial charge in [0, 0.05) is 6.04 Å². The van der Waals surface area contributed by atoms with Crippen LogP contribution in [0.3, 0.4) is 0 Å². The quantitative estimate of drug-likeness (QED) is 0.668. The van der Waals surface area contributed by atoms with Gasteiger partial charge in [-0.1, -0.05) is 6.07 Å². The van der Waals surface area contributed by atoms with Gasteiger partial charge in [0.1, 0.15) is 12.0 Å². The Morgan fingerprint density at radius 3 is 3.09 bits per heavy atom. The van der Waals surface area contributed by atoms with Crippen molar-refractivity contribution in [3.8, 4) is 5.75 Å². The molecule has 22 heavy (non-hydrogen) atoms. The van der Waals surface area contributed by atoms with Crippen LogP contribution in [0.15, 0.2) is 29.2 Å². The van der Waals surface area contributed by atoms with E-state index in [0.29, 0.717) is 11.4 Å². The third-order valence-corrected chi connectivity index (χ3v) is 4.04. The van der Waals surface area contributed by atoms with Crippen LogP contribution >= 0.6 is 0 Å². The standard InChI is InChI=1S/C16H19N3O3/c1-21-15-12-4-2-3-11(7-10(12)5-6-13(15)17)19-16(20)14-8-22-9-18-14/h5-6,8-9,11H,2-4,7,17H2,1H3,(H,19,20). The van der Waals surface area contributed by atoms with Crippen LogP contribution in [0.2, 0.25) is 0 Å². The van der Waals surface area contributed by atoms with Gasteiger partial charge < -0.3 is 20.2 Å². The maximum Gasteiger partial charge on any atom is 0.273 e. The zero-order valence-electron chi connectivity index (χ0n) is 12.5. The van der Waals surface area contributed by atoms with E-state index in [1.54, 1.807) is 7.11 Å². The molecule has 3 rings (SSSR count). The molecule has 6 nitrogen and oxygen atoms in total. The van der Waals surface area contributed by atoms with Gasteiger partial charge in [0.2, 0.25) is 0 Å². The summed E-state index contributed by atoms with van der Waals surface area (Å²) < 4.78 is 10.3. The Bertz CT molecular complexity index is 668. The van der Waals surface area contributed by atoms with Crippen LogP contribution in [0.4, 0.5) is 5.69 Å². The Morgan fingerprint density at radius 1 is 1.50 bits per heavy atom. The summed E-state index contributed by atoms with van der Waals surface area (Å²) >= 11 is 0. The van der Waals surface area contributed by atoms with Gasteiger partial charge in [-0.3, -0.25) is 4.79 Å². The number of nitrogens with zero attached hydrogens (tertiary/aromatic N) is 1. The lowest BCUT2D eigenvalue weighted by Gasteiger charge is -2.17. The number of methoxy groups -OCH3 is 1. The Labute approximate surface area is 128 Å². The van der Waals surface area contributed by atoms with E-state index in [4.69, 9.17) is 14.9 Å². The fourth-order valence-electron chi connectivity index (χ4n) is 2.99. The summed E-state index contributed by atoms with van der Waals surface area (Å²) in [5.74, 6) is 0.561. The van der Waals surface area contributed by atoms with Crippen LogP contribution in [0, 0.1) is 0 Å². The summed E-state index contributed by atoms with van der Waals surface area (Å²) in [6.07, 6.45) is 6.14. The molecule has 3 N–H and O–H groups in total. The van der Waals surface area contributed by atoms with Crippen molar-refractivity contribution in [1.29, 1.82) is 0 Å². The zero-order chi connectivity index (χ0) is 15.5. The van der Waals surface area contributed by atoms with Gasteiger partial charge >= 0.3 is 0 Å². The molecule has 0 fully saturated rings. The summed E-state index contributed by atoms with van der Waals surface area (Å²) in [4.78, 5) is 16.0.